The number of sulfonamides is 1. The minimum Gasteiger partial charge on any atom is -0.486 e. The molecule has 25 heteroatoms. The summed E-state index contributed by atoms with van der Waals surface area (Å²) in [7, 11) is -4.29. The molecule has 24 nitrogen and oxygen atoms in total. The third kappa shape index (κ3) is 17.4. The molecule has 8 aliphatic heterocycles. The summed E-state index contributed by atoms with van der Waals surface area (Å²) in [5.74, 6) is 2.48. The average Bonchev–Trinajstić information content (AvgIpc) is 4.45. The first-order valence-electron chi connectivity index (χ1n) is 29.3. The normalized spacial score (nSPS) is 24.8. The molecule has 4 aromatic rings. The van der Waals surface area contributed by atoms with Crippen LogP contribution in [0.1, 0.15) is 55.2 Å². The van der Waals surface area contributed by atoms with Gasteiger partial charge in [0.1, 0.15) is 25.4 Å². The van der Waals surface area contributed by atoms with Crippen LogP contribution in [0, 0.1) is 18.8 Å². The Morgan fingerprint density at radius 3 is 1.71 bits per heavy atom. The van der Waals surface area contributed by atoms with Crippen LogP contribution >= 0.6 is 0 Å². The second kappa shape index (κ2) is 30.6. The number of aryl methyl sites for hydroxylation is 1. The molecule has 0 bridgehead atoms. The Kier molecular flexibility index (Phi) is 22.4. The highest BCUT2D eigenvalue weighted by molar-refractivity contribution is 7.89. The number of carbonyl (C=O) groups is 2. The number of rotatable bonds is 20. The number of aliphatic hydroxyl groups is 2. The largest absolute Gasteiger partial charge is 0.486 e. The molecule has 6 fully saturated rings. The molecule has 0 radical (unpaired) electrons. The van der Waals surface area contributed by atoms with E-state index in [4.69, 9.17) is 66.5 Å². The Labute approximate surface area is 494 Å². The van der Waals surface area contributed by atoms with E-state index in [9.17, 15) is 28.2 Å². The van der Waals surface area contributed by atoms with Gasteiger partial charge in [-0.25, -0.2) is 18.0 Å². The average molecular weight is 1210 g/mol. The summed E-state index contributed by atoms with van der Waals surface area (Å²) in [5.41, 5.74) is 5.90. The second-order valence-electron chi connectivity index (χ2n) is 21.8. The third-order valence-electron chi connectivity index (χ3n) is 15.7. The van der Waals surface area contributed by atoms with E-state index in [1.807, 2.05) is 85.8 Å². The SMILES string of the molecule is Cc1ccc2c(c1)OCO2.O=C(N[C@@H](Cc1ccccc1)[C@H](O)CN(OC1CCOCC1)S(=O)(=O)c1ccc2c(c1)OCCO2)OC1CO[C@H]2OCC[C@@H]12.O=C(N[C@@H](Cc1ccccc1)[C@H](O)CNOC1CCOCC1)OC1CO[C@H]2OCC[C@@H]12. The van der Waals surface area contributed by atoms with Gasteiger partial charge in [-0.15, -0.1) is 0 Å². The molecule has 85 heavy (non-hydrogen) atoms. The Balaban J connectivity index is 0.000000168. The van der Waals surface area contributed by atoms with E-state index < -0.39 is 65.3 Å². The lowest BCUT2D eigenvalue weighted by molar-refractivity contribution is -0.170. The quantitative estimate of drug-likeness (QED) is 0.0737. The Hall–Kier alpha value is -5.91. The summed E-state index contributed by atoms with van der Waals surface area (Å²) in [6, 6.07) is 27.8. The van der Waals surface area contributed by atoms with E-state index >= 15 is 0 Å². The number of carbonyl (C=O) groups excluding carboxylic acids is 2. The molecule has 2 unspecified atom stereocenters. The molecule has 464 valence electrons. The van der Waals surface area contributed by atoms with E-state index in [0.717, 1.165) is 52.8 Å². The van der Waals surface area contributed by atoms with Gasteiger partial charge in [-0.1, -0.05) is 71.2 Å². The summed E-state index contributed by atoms with van der Waals surface area (Å²) in [5, 5.41) is 27.9. The number of fused-ring (bicyclic) bond motifs is 4. The van der Waals surface area contributed by atoms with Crippen molar-refractivity contribution in [2.45, 2.75) is 124 Å². The van der Waals surface area contributed by atoms with Gasteiger partial charge in [0.25, 0.3) is 10.0 Å². The Morgan fingerprint density at radius 1 is 0.588 bits per heavy atom. The zero-order valence-corrected chi connectivity index (χ0v) is 48.4. The fraction of sp³-hybridized carbons (Fsp3) is 0.567. The molecule has 0 aliphatic carbocycles. The molecule has 10 atom stereocenters. The topological polar surface area (TPSA) is 277 Å². The van der Waals surface area contributed by atoms with Crippen LogP contribution in [0.5, 0.6) is 23.0 Å². The maximum atomic E-state index is 14.0. The summed E-state index contributed by atoms with van der Waals surface area (Å²) in [6.07, 6.45) is -0.618. The fourth-order valence-electron chi connectivity index (χ4n) is 11.0. The number of ether oxygens (including phenoxy) is 12. The van der Waals surface area contributed by atoms with Crippen molar-refractivity contribution in [3.63, 3.8) is 0 Å². The number of nitrogens with one attached hydrogen (secondary N) is 3. The van der Waals surface area contributed by atoms with Gasteiger partial charge in [0.15, 0.2) is 35.6 Å². The van der Waals surface area contributed by atoms with Crippen LogP contribution in [-0.4, -0.2) is 183 Å². The zero-order valence-electron chi connectivity index (χ0n) is 47.6. The minimum absolute atomic E-state index is 0.0576. The molecular formula is C60H78N4O20S. The van der Waals surface area contributed by atoms with E-state index in [1.165, 1.54) is 23.8 Å². The van der Waals surface area contributed by atoms with Gasteiger partial charge in [0.2, 0.25) is 6.79 Å². The zero-order chi connectivity index (χ0) is 59.0. The lowest BCUT2D eigenvalue weighted by Crippen LogP contribution is -2.52. The van der Waals surface area contributed by atoms with Crippen LogP contribution in [0.4, 0.5) is 9.59 Å². The molecule has 8 heterocycles. The number of nitrogens with zero attached hydrogens (tertiary/aromatic N) is 1. The Bertz CT molecular complexity index is 2850. The van der Waals surface area contributed by atoms with Crippen molar-refractivity contribution in [2.24, 2.45) is 11.8 Å². The van der Waals surface area contributed by atoms with Crippen LogP contribution in [0.25, 0.3) is 0 Å². The van der Waals surface area contributed by atoms with Gasteiger partial charge in [-0.2, -0.15) is 5.48 Å². The number of alkyl carbamates (subject to hydrolysis) is 2. The van der Waals surface area contributed by atoms with Gasteiger partial charge >= 0.3 is 12.2 Å². The first-order valence-corrected chi connectivity index (χ1v) is 30.7. The van der Waals surface area contributed by atoms with Crippen molar-refractivity contribution in [2.75, 3.05) is 86.0 Å². The number of amides is 2. The van der Waals surface area contributed by atoms with Crippen molar-refractivity contribution in [1.29, 1.82) is 0 Å². The molecule has 5 N–H and O–H groups in total. The monoisotopic (exact) mass is 1210 g/mol. The Morgan fingerprint density at radius 2 is 1.11 bits per heavy atom. The number of benzene rings is 4. The fourth-order valence-corrected chi connectivity index (χ4v) is 12.3. The van der Waals surface area contributed by atoms with Crippen molar-refractivity contribution in [3.8, 4) is 23.0 Å². The van der Waals surface area contributed by atoms with E-state index in [2.05, 4.69) is 16.1 Å². The molecule has 0 saturated carbocycles. The lowest BCUT2D eigenvalue weighted by atomic mass is 10.0. The molecule has 4 aromatic carbocycles. The van der Waals surface area contributed by atoms with Crippen molar-refractivity contribution in [3.05, 3.63) is 114 Å². The van der Waals surface area contributed by atoms with Gasteiger partial charge in [-0.05, 0) is 99.2 Å². The molecule has 0 aromatic heterocycles. The predicted molar refractivity (Wildman–Crippen MR) is 301 cm³/mol. The highest BCUT2D eigenvalue weighted by Gasteiger charge is 2.46. The first-order chi connectivity index (χ1) is 41.4. The van der Waals surface area contributed by atoms with Crippen LogP contribution in [0.2, 0.25) is 0 Å². The van der Waals surface area contributed by atoms with Crippen molar-refractivity contribution >= 4 is 22.2 Å². The predicted octanol–water partition coefficient (Wildman–Crippen LogP) is 4.89. The van der Waals surface area contributed by atoms with Crippen LogP contribution < -0.4 is 35.1 Å². The standard InChI is InChI=1S/C30H38N2O11S.C22H32N2O7.C8H8O2/c33-25(24(16-20-4-2-1-3-5-20)31-30(34)42-28-19-41-29-23(28)10-13-40-29)18-32(43-21-8-11-37-12-9-21)44(35,36)22-6-7-26-27(17-22)39-15-14-38-26;25-19(13-23-31-16-6-9-27-10-7-16)18(12-15-4-2-1-3-5-15)24-22(26)30-20-14-29-21-17(20)8-11-28-21;1-6-2-3-7-8(4-6)10-5-9-7/h1-7,17,21,23-25,28-29,33H,8-16,18-19H2,(H,31,34);1-5,16-21,23,25H,6-14H2,(H,24,26);2-4H,5H2,1H3/t23-,24-,25+,28?,29+;17-,18-,19+,20?,21+;/m00./s1. The van der Waals surface area contributed by atoms with E-state index in [-0.39, 0.29) is 61.1 Å². The third-order valence-corrected chi connectivity index (χ3v) is 17.3. The van der Waals surface area contributed by atoms with Gasteiger partial charge < -0.3 is 77.7 Å². The van der Waals surface area contributed by atoms with Gasteiger partial charge in [0.05, 0.1) is 86.2 Å². The second-order valence-corrected chi connectivity index (χ2v) is 23.6. The minimum atomic E-state index is -4.29. The van der Waals surface area contributed by atoms with Crippen molar-refractivity contribution < 1.29 is 94.7 Å². The van der Waals surface area contributed by atoms with Crippen LogP contribution in [0.3, 0.4) is 0 Å². The lowest BCUT2D eigenvalue weighted by Gasteiger charge is -2.32. The highest BCUT2D eigenvalue weighted by Crippen LogP contribution is 2.37. The van der Waals surface area contributed by atoms with E-state index in [1.54, 1.807) is 0 Å². The smallest absolute Gasteiger partial charge is 0.407 e. The maximum Gasteiger partial charge on any atom is 0.407 e. The van der Waals surface area contributed by atoms with E-state index in [0.29, 0.717) is 97.0 Å². The summed E-state index contributed by atoms with van der Waals surface area (Å²) in [6.45, 7) is 6.67. The molecule has 12 rings (SSSR count). The molecular weight excluding hydrogens is 1130 g/mol. The van der Waals surface area contributed by atoms with Crippen LogP contribution in [-0.2, 0) is 70.4 Å². The summed E-state index contributed by atoms with van der Waals surface area (Å²) >= 11 is 0. The van der Waals surface area contributed by atoms with Gasteiger partial charge in [0, 0.05) is 39.0 Å². The van der Waals surface area contributed by atoms with Crippen molar-refractivity contribution in [1.82, 2.24) is 20.6 Å². The summed E-state index contributed by atoms with van der Waals surface area (Å²) in [4.78, 5) is 37.3. The van der Waals surface area contributed by atoms with Crippen LogP contribution in [0.15, 0.2) is 102 Å². The molecule has 8 aliphatic rings. The number of hydrogen-bond donors (Lipinski definition) is 5. The number of aliphatic hydroxyl groups excluding tert-OH is 2. The summed E-state index contributed by atoms with van der Waals surface area (Å²) < 4.78 is 94.4. The number of hydroxylamine groups is 2. The number of hydrogen-bond acceptors (Lipinski definition) is 21. The molecule has 0 spiro atoms. The highest BCUT2D eigenvalue weighted by atomic mass is 32.2. The van der Waals surface area contributed by atoms with Gasteiger partial charge in [-0.3, -0.25) is 9.68 Å². The molecule has 2 amide bonds. The molecule has 6 saturated heterocycles. The maximum absolute atomic E-state index is 14.0. The first kappa shape index (κ1) is 62.2.